The van der Waals surface area contributed by atoms with Crippen LogP contribution in [-0.2, 0) is 12.8 Å². The largest absolute Gasteiger partial charge is 0.506 e. The van der Waals surface area contributed by atoms with E-state index in [0.29, 0.717) is 10.6 Å². The Balaban J connectivity index is 2.51. The Morgan fingerprint density at radius 2 is 2.00 bits per heavy atom. The fourth-order valence-electron chi connectivity index (χ4n) is 2.42. The predicted molar refractivity (Wildman–Crippen MR) is 68.4 cm³/mol. The zero-order chi connectivity index (χ0) is 12.4. The van der Waals surface area contributed by atoms with Crippen molar-refractivity contribution in [1.82, 2.24) is 0 Å². The van der Waals surface area contributed by atoms with Crippen LogP contribution in [0.25, 0.3) is 0 Å². The number of rotatable bonds is 2. The average molecular weight is 256 g/mol. The van der Waals surface area contributed by atoms with Gasteiger partial charge in [-0.1, -0.05) is 24.1 Å². The van der Waals surface area contributed by atoms with Gasteiger partial charge in [-0.25, -0.2) is 0 Å². The van der Waals surface area contributed by atoms with Gasteiger partial charge in [0.1, 0.15) is 5.75 Å². The lowest BCUT2D eigenvalue weighted by molar-refractivity contribution is 0.265. The van der Waals surface area contributed by atoms with Gasteiger partial charge in [0, 0.05) is 5.56 Å². The molecule has 1 unspecified atom stereocenters. The van der Waals surface area contributed by atoms with E-state index in [1.54, 1.807) is 0 Å². The highest BCUT2D eigenvalue weighted by Crippen LogP contribution is 2.38. The molecule has 0 amide bonds. The van der Waals surface area contributed by atoms with Crippen LogP contribution in [0.15, 0.2) is 6.07 Å². The summed E-state index contributed by atoms with van der Waals surface area (Å²) in [6, 6.07) is 1.34. The number of aliphatic hydroxyl groups is 1. The molecule has 0 spiro atoms. The Morgan fingerprint density at radius 3 is 2.71 bits per heavy atom. The Hall–Kier alpha value is -0.770. The molecule has 3 nitrogen and oxygen atoms in total. The monoisotopic (exact) mass is 255 g/mol. The summed E-state index contributed by atoms with van der Waals surface area (Å²) in [5.74, 6) is 0.0360. The fourth-order valence-corrected chi connectivity index (χ4v) is 2.75. The normalized spacial score (nSPS) is 17.4. The highest BCUT2D eigenvalue weighted by Gasteiger charge is 2.20. The number of hydrogen-bond donors (Lipinski definition) is 3. The van der Waals surface area contributed by atoms with Crippen LogP contribution in [0, 0.1) is 0 Å². The molecule has 0 radical (unpaired) electrons. The van der Waals surface area contributed by atoms with E-state index in [9.17, 15) is 5.11 Å². The number of halogens is 1. The smallest absolute Gasteiger partial charge is 0.139 e. The molecule has 4 N–H and O–H groups in total. The number of nitrogens with two attached hydrogens (primary N) is 1. The predicted octanol–water partition coefficient (Wildman–Crippen LogP) is 2.31. The van der Waals surface area contributed by atoms with E-state index >= 15 is 0 Å². The van der Waals surface area contributed by atoms with E-state index in [4.69, 9.17) is 22.4 Å². The second-order valence-corrected chi connectivity index (χ2v) is 4.99. The minimum absolute atomic E-state index is 0.0360. The topological polar surface area (TPSA) is 66.5 Å². The Morgan fingerprint density at radius 1 is 1.29 bits per heavy atom. The van der Waals surface area contributed by atoms with Gasteiger partial charge >= 0.3 is 0 Å². The van der Waals surface area contributed by atoms with Gasteiger partial charge in [0.25, 0.3) is 0 Å². The van der Waals surface area contributed by atoms with Gasteiger partial charge in [-0.05, 0) is 36.8 Å². The van der Waals surface area contributed by atoms with E-state index in [-0.39, 0.29) is 12.4 Å². The van der Waals surface area contributed by atoms with Crippen molar-refractivity contribution in [2.45, 2.75) is 38.1 Å². The molecule has 0 heterocycles. The van der Waals surface area contributed by atoms with Crippen LogP contribution in [-0.4, -0.2) is 16.8 Å². The molecule has 1 aliphatic rings. The lowest BCUT2D eigenvalue weighted by atomic mass is 9.96. The number of phenolic OH excluding ortho intramolecular Hbond substituents is 1. The van der Waals surface area contributed by atoms with Gasteiger partial charge in [0.15, 0.2) is 0 Å². The third kappa shape index (κ3) is 2.41. The fraction of sp³-hybridized carbons (Fsp3) is 0.538. The molecule has 0 aromatic heterocycles. The second kappa shape index (κ2) is 5.25. The van der Waals surface area contributed by atoms with Crippen LogP contribution in [0.2, 0.25) is 5.02 Å². The van der Waals surface area contributed by atoms with Crippen molar-refractivity contribution in [2.24, 2.45) is 5.73 Å². The number of phenols is 1. The molecular formula is C13H18ClNO2. The number of aromatic hydroxyl groups is 1. The highest BCUT2D eigenvalue weighted by molar-refractivity contribution is 6.33. The molecule has 0 saturated carbocycles. The molecule has 0 saturated heterocycles. The molecule has 1 aromatic carbocycles. The van der Waals surface area contributed by atoms with E-state index in [1.807, 2.05) is 6.07 Å². The standard InChI is InChI=1S/C13H18ClNO2/c14-12-9-5-3-1-2-4-8(9)6-10(13(12)17)11(15)7-16/h6,11,16-17H,1-5,7,15H2. The average Bonchev–Trinajstić information content (AvgIpc) is 2.58. The van der Waals surface area contributed by atoms with Gasteiger partial charge in [-0.15, -0.1) is 0 Å². The van der Waals surface area contributed by atoms with Crippen molar-refractivity contribution in [3.05, 3.63) is 27.8 Å². The molecule has 0 fully saturated rings. The first-order valence-corrected chi connectivity index (χ1v) is 6.42. The van der Waals surface area contributed by atoms with Gasteiger partial charge in [0.05, 0.1) is 17.7 Å². The van der Waals surface area contributed by atoms with Crippen LogP contribution in [0.1, 0.15) is 42.0 Å². The zero-order valence-corrected chi connectivity index (χ0v) is 10.5. The minimum Gasteiger partial charge on any atom is -0.506 e. The number of aliphatic hydroxyl groups excluding tert-OH is 1. The van der Waals surface area contributed by atoms with E-state index in [2.05, 4.69) is 0 Å². The van der Waals surface area contributed by atoms with Crippen LogP contribution < -0.4 is 5.73 Å². The van der Waals surface area contributed by atoms with E-state index in [1.165, 1.54) is 12.0 Å². The molecule has 0 bridgehead atoms. The summed E-state index contributed by atoms with van der Waals surface area (Å²) in [4.78, 5) is 0. The third-order valence-corrected chi connectivity index (χ3v) is 3.84. The maximum atomic E-state index is 10.0. The molecule has 17 heavy (non-hydrogen) atoms. The molecule has 1 aliphatic carbocycles. The summed E-state index contributed by atoms with van der Waals surface area (Å²) >= 11 is 6.20. The molecular weight excluding hydrogens is 238 g/mol. The van der Waals surface area contributed by atoms with Crippen LogP contribution in [0.4, 0.5) is 0 Å². The first-order valence-electron chi connectivity index (χ1n) is 6.04. The number of benzene rings is 1. The third-order valence-electron chi connectivity index (χ3n) is 3.43. The van der Waals surface area contributed by atoms with Crippen molar-refractivity contribution in [3.63, 3.8) is 0 Å². The maximum Gasteiger partial charge on any atom is 0.139 e. The van der Waals surface area contributed by atoms with Crippen molar-refractivity contribution in [3.8, 4) is 5.75 Å². The van der Waals surface area contributed by atoms with E-state index < -0.39 is 6.04 Å². The molecule has 0 aliphatic heterocycles. The SMILES string of the molecule is NC(CO)c1cc2c(c(Cl)c1O)CCCCC2. The summed E-state index contributed by atoms with van der Waals surface area (Å²) in [6.45, 7) is -0.192. The quantitative estimate of drug-likeness (QED) is 0.711. The summed E-state index contributed by atoms with van der Waals surface area (Å²) in [5.41, 5.74) is 8.54. The molecule has 1 atom stereocenters. The van der Waals surface area contributed by atoms with Crippen LogP contribution >= 0.6 is 11.6 Å². The Labute approximate surface area is 106 Å². The van der Waals surface area contributed by atoms with Crippen molar-refractivity contribution in [2.75, 3.05) is 6.61 Å². The summed E-state index contributed by atoms with van der Waals surface area (Å²) in [7, 11) is 0. The van der Waals surface area contributed by atoms with Crippen molar-refractivity contribution in [1.29, 1.82) is 0 Å². The number of aryl methyl sites for hydroxylation is 1. The summed E-state index contributed by atoms with van der Waals surface area (Å²) in [6.07, 6.45) is 5.32. The molecule has 2 rings (SSSR count). The van der Waals surface area contributed by atoms with Crippen LogP contribution in [0.5, 0.6) is 5.75 Å². The van der Waals surface area contributed by atoms with Gasteiger partial charge in [0.2, 0.25) is 0 Å². The zero-order valence-electron chi connectivity index (χ0n) is 9.75. The number of fused-ring (bicyclic) bond motifs is 1. The summed E-state index contributed by atoms with van der Waals surface area (Å²) in [5, 5.41) is 19.5. The molecule has 94 valence electrons. The molecule has 1 aromatic rings. The van der Waals surface area contributed by atoms with Crippen LogP contribution in [0.3, 0.4) is 0 Å². The highest BCUT2D eigenvalue weighted by atomic mass is 35.5. The minimum atomic E-state index is -0.568. The maximum absolute atomic E-state index is 10.0. The Kier molecular flexibility index (Phi) is 3.92. The lowest BCUT2D eigenvalue weighted by Gasteiger charge is -2.17. The van der Waals surface area contributed by atoms with Gasteiger partial charge < -0.3 is 15.9 Å². The summed E-state index contributed by atoms with van der Waals surface area (Å²) < 4.78 is 0. The first-order chi connectivity index (χ1) is 8.15. The Bertz CT molecular complexity index is 420. The van der Waals surface area contributed by atoms with E-state index in [0.717, 1.165) is 31.2 Å². The lowest BCUT2D eigenvalue weighted by Crippen LogP contribution is -2.15. The van der Waals surface area contributed by atoms with Gasteiger partial charge in [-0.3, -0.25) is 0 Å². The van der Waals surface area contributed by atoms with Crippen molar-refractivity contribution < 1.29 is 10.2 Å². The van der Waals surface area contributed by atoms with Gasteiger partial charge in [-0.2, -0.15) is 0 Å². The first kappa shape index (κ1) is 12.7. The second-order valence-electron chi connectivity index (χ2n) is 4.62. The number of hydrogen-bond acceptors (Lipinski definition) is 3. The molecule has 4 heteroatoms. The van der Waals surface area contributed by atoms with Crippen molar-refractivity contribution >= 4 is 11.6 Å².